The minimum absolute atomic E-state index is 0.141. The van der Waals surface area contributed by atoms with Crippen LogP contribution in [0.15, 0.2) is 0 Å². The fourth-order valence-electron chi connectivity index (χ4n) is 1.32. The number of aryl methyl sites for hydroxylation is 1. The molecule has 1 aromatic rings. The molecule has 0 saturated heterocycles. The van der Waals surface area contributed by atoms with E-state index in [-0.39, 0.29) is 23.0 Å². The van der Waals surface area contributed by atoms with E-state index < -0.39 is 5.97 Å². The average Bonchev–Trinajstić information content (AvgIpc) is 2.54. The summed E-state index contributed by atoms with van der Waals surface area (Å²) in [5, 5.41) is 20.4. The van der Waals surface area contributed by atoms with Crippen LogP contribution in [-0.4, -0.2) is 28.5 Å². The van der Waals surface area contributed by atoms with Crippen LogP contribution in [0.2, 0.25) is 0 Å². The summed E-state index contributed by atoms with van der Waals surface area (Å²) in [6, 6.07) is 1.92. The van der Waals surface area contributed by atoms with Gasteiger partial charge in [-0.05, 0) is 19.4 Å². The fraction of sp³-hybridized carbons (Fsp3) is 0.364. The lowest BCUT2D eigenvalue weighted by Crippen LogP contribution is -2.15. The highest BCUT2D eigenvalue weighted by atomic mass is 32.2. The van der Waals surface area contributed by atoms with Gasteiger partial charge in [-0.1, -0.05) is 0 Å². The van der Waals surface area contributed by atoms with Gasteiger partial charge < -0.3 is 10.4 Å². The second kappa shape index (κ2) is 6.42. The number of anilines is 1. The predicted molar refractivity (Wildman–Crippen MR) is 72.3 cm³/mol. The number of nitrogens with one attached hydrogen (secondary N) is 1. The number of amides is 1. The summed E-state index contributed by atoms with van der Waals surface area (Å²) in [6.07, 6.45) is 0. The van der Waals surface area contributed by atoms with Crippen molar-refractivity contribution in [2.24, 2.45) is 0 Å². The number of nitrogens with zero attached hydrogens (tertiary/aromatic N) is 1. The van der Waals surface area contributed by atoms with Crippen molar-refractivity contribution in [1.82, 2.24) is 0 Å². The Kier molecular flexibility index (Phi) is 5.19. The van der Waals surface area contributed by atoms with E-state index >= 15 is 0 Å². The van der Waals surface area contributed by atoms with E-state index in [4.69, 9.17) is 10.4 Å². The number of carboxylic acid groups (broad SMARTS) is 1. The number of thiophene rings is 1. The molecule has 0 aliphatic carbocycles. The number of hydrogen-bond acceptors (Lipinski definition) is 5. The smallest absolute Gasteiger partial charge is 0.338 e. The molecule has 0 atom stereocenters. The molecule has 0 saturated carbocycles. The molecule has 1 rings (SSSR count). The van der Waals surface area contributed by atoms with Crippen molar-refractivity contribution in [1.29, 1.82) is 5.26 Å². The lowest BCUT2D eigenvalue weighted by atomic mass is 10.1. The van der Waals surface area contributed by atoms with E-state index in [2.05, 4.69) is 5.32 Å². The summed E-state index contributed by atoms with van der Waals surface area (Å²) in [5.74, 6) is -0.958. The number of hydrogen-bond donors (Lipinski definition) is 2. The maximum atomic E-state index is 11.6. The Labute approximate surface area is 113 Å². The van der Waals surface area contributed by atoms with E-state index in [1.54, 1.807) is 6.92 Å². The Hall–Kier alpha value is -1.52. The van der Waals surface area contributed by atoms with Crippen molar-refractivity contribution < 1.29 is 14.7 Å². The minimum Gasteiger partial charge on any atom is -0.478 e. The summed E-state index contributed by atoms with van der Waals surface area (Å²) in [7, 11) is 0. The van der Waals surface area contributed by atoms with Crippen molar-refractivity contribution in [3.63, 3.8) is 0 Å². The summed E-state index contributed by atoms with van der Waals surface area (Å²) in [4.78, 5) is 23.5. The number of carbonyl (C=O) groups excluding carboxylic acids is 1. The fourth-order valence-corrected chi connectivity index (χ4v) is 2.84. The molecule has 0 fully saturated rings. The van der Waals surface area contributed by atoms with Crippen molar-refractivity contribution >= 4 is 40.0 Å². The average molecular weight is 284 g/mol. The van der Waals surface area contributed by atoms with Gasteiger partial charge in [-0.2, -0.15) is 5.26 Å². The zero-order valence-electron chi connectivity index (χ0n) is 9.94. The Morgan fingerprint density at radius 1 is 1.50 bits per heavy atom. The molecule has 0 radical (unpaired) electrons. The molecule has 1 heterocycles. The molecule has 96 valence electrons. The van der Waals surface area contributed by atoms with Gasteiger partial charge in [0.05, 0.1) is 23.1 Å². The lowest BCUT2D eigenvalue weighted by molar-refractivity contribution is -0.113. The Bertz CT molecular complexity index is 517. The number of aromatic carboxylic acids is 1. The molecule has 0 aromatic carbocycles. The zero-order chi connectivity index (χ0) is 13.7. The van der Waals surface area contributed by atoms with E-state index in [1.165, 1.54) is 23.1 Å². The molecule has 2 N–H and O–H groups in total. The van der Waals surface area contributed by atoms with Crippen LogP contribution in [0.5, 0.6) is 0 Å². The highest BCUT2D eigenvalue weighted by molar-refractivity contribution is 8.00. The number of thioether (sulfide) groups is 1. The maximum Gasteiger partial charge on any atom is 0.338 e. The van der Waals surface area contributed by atoms with Crippen molar-refractivity contribution in [2.75, 3.05) is 16.8 Å². The summed E-state index contributed by atoms with van der Waals surface area (Å²) in [6.45, 7) is 3.53. The second-order valence-corrected chi connectivity index (χ2v) is 5.70. The molecule has 1 amide bonds. The van der Waals surface area contributed by atoms with Gasteiger partial charge >= 0.3 is 5.97 Å². The van der Waals surface area contributed by atoms with Crippen LogP contribution < -0.4 is 5.32 Å². The summed E-state index contributed by atoms with van der Waals surface area (Å²) < 4.78 is 0. The van der Waals surface area contributed by atoms with Crippen LogP contribution in [0.3, 0.4) is 0 Å². The minimum atomic E-state index is -1.04. The number of carboxylic acids is 1. The van der Waals surface area contributed by atoms with Gasteiger partial charge in [0.2, 0.25) is 5.91 Å². The van der Waals surface area contributed by atoms with Gasteiger partial charge in [0.1, 0.15) is 5.00 Å². The molecule has 0 bridgehead atoms. The van der Waals surface area contributed by atoms with E-state index in [9.17, 15) is 9.59 Å². The first-order valence-electron chi connectivity index (χ1n) is 5.05. The molecule has 0 spiro atoms. The number of rotatable bonds is 5. The van der Waals surface area contributed by atoms with Crippen molar-refractivity contribution in [3.8, 4) is 6.07 Å². The van der Waals surface area contributed by atoms with Gasteiger partial charge in [0.25, 0.3) is 0 Å². The van der Waals surface area contributed by atoms with Crippen LogP contribution in [0.1, 0.15) is 20.8 Å². The van der Waals surface area contributed by atoms with Crippen LogP contribution in [0.4, 0.5) is 5.00 Å². The standard InChI is InChI=1S/C11H12N2O3S2/c1-6-7(2)18-10(9(6)11(15)16)13-8(14)5-17-4-3-12/h4-5H2,1-2H3,(H,13,14)(H,15,16). The van der Waals surface area contributed by atoms with Gasteiger partial charge in [0.15, 0.2) is 0 Å². The quantitative estimate of drug-likeness (QED) is 0.809. The number of carbonyl (C=O) groups is 2. The molecular formula is C11H12N2O3S2. The van der Waals surface area contributed by atoms with Gasteiger partial charge in [-0.25, -0.2) is 4.79 Å². The lowest BCUT2D eigenvalue weighted by Gasteiger charge is -2.03. The maximum absolute atomic E-state index is 11.6. The van der Waals surface area contributed by atoms with Crippen molar-refractivity contribution in [3.05, 3.63) is 16.0 Å². The van der Waals surface area contributed by atoms with Gasteiger partial charge in [-0.3, -0.25) is 4.79 Å². The third-order valence-electron chi connectivity index (χ3n) is 2.25. The second-order valence-electron chi connectivity index (χ2n) is 3.49. The zero-order valence-corrected chi connectivity index (χ0v) is 11.6. The summed E-state index contributed by atoms with van der Waals surface area (Å²) >= 11 is 2.44. The monoisotopic (exact) mass is 284 g/mol. The van der Waals surface area contributed by atoms with E-state index in [0.717, 1.165) is 4.88 Å². The molecule has 18 heavy (non-hydrogen) atoms. The van der Waals surface area contributed by atoms with Crippen LogP contribution in [0.25, 0.3) is 0 Å². The Morgan fingerprint density at radius 2 is 2.17 bits per heavy atom. The van der Waals surface area contributed by atoms with Crippen molar-refractivity contribution in [2.45, 2.75) is 13.8 Å². The predicted octanol–water partition coefficient (Wildman–Crippen LogP) is 2.26. The first-order chi connectivity index (χ1) is 8.47. The summed E-state index contributed by atoms with van der Waals surface area (Å²) in [5.41, 5.74) is 0.823. The molecule has 1 aromatic heterocycles. The Balaban J connectivity index is 2.79. The molecule has 0 aliphatic heterocycles. The highest BCUT2D eigenvalue weighted by Crippen LogP contribution is 2.32. The Morgan fingerprint density at radius 3 is 2.72 bits per heavy atom. The molecule has 7 heteroatoms. The van der Waals surface area contributed by atoms with Crippen LogP contribution in [0, 0.1) is 25.2 Å². The first kappa shape index (κ1) is 14.5. The van der Waals surface area contributed by atoms with Gasteiger partial charge in [0, 0.05) is 4.88 Å². The topological polar surface area (TPSA) is 90.2 Å². The molecule has 0 aliphatic rings. The van der Waals surface area contributed by atoms with E-state index in [1.807, 2.05) is 13.0 Å². The molecule has 5 nitrogen and oxygen atoms in total. The SMILES string of the molecule is Cc1sc(NC(=O)CSCC#N)c(C(=O)O)c1C. The largest absolute Gasteiger partial charge is 0.478 e. The molecule has 0 unspecified atom stereocenters. The first-order valence-corrected chi connectivity index (χ1v) is 7.02. The third-order valence-corrected chi connectivity index (χ3v) is 4.17. The van der Waals surface area contributed by atoms with Gasteiger partial charge in [-0.15, -0.1) is 23.1 Å². The molecular weight excluding hydrogens is 272 g/mol. The van der Waals surface area contributed by atoms with Crippen LogP contribution >= 0.6 is 23.1 Å². The normalized spacial score (nSPS) is 9.83. The van der Waals surface area contributed by atoms with E-state index in [0.29, 0.717) is 10.6 Å². The number of nitriles is 1. The highest BCUT2D eigenvalue weighted by Gasteiger charge is 2.20. The third kappa shape index (κ3) is 3.48. The van der Waals surface area contributed by atoms with Crippen LogP contribution in [-0.2, 0) is 4.79 Å².